The predicted octanol–water partition coefficient (Wildman–Crippen LogP) is 3.34. The first-order valence-corrected chi connectivity index (χ1v) is 6.13. The van der Waals surface area contributed by atoms with Crippen LogP contribution in [0.1, 0.15) is 25.2 Å². The number of rotatable bonds is 5. The van der Waals surface area contributed by atoms with Gasteiger partial charge in [-0.15, -0.1) is 0 Å². The lowest BCUT2D eigenvalue weighted by atomic mass is 10.1. The molecule has 0 amide bonds. The SMILES string of the molecule is CC(C)Cc1cc(CN=O)nn1-c1ccccc1. The molecule has 0 saturated heterocycles. The topological polar surface area (TPSA) is 47.2 Å². The molecule has 94 valence electrons. The van der Waals surface area contributed by atoms with Gasteiger partial charge in [0.2, 0.25) is 0 Å². The molecule has 2 aromatic rings. The van der Waals surface area contributed by atoms with Gasteiger partial charge in [0.05, 0.1) is 11.4 Å². The Balaban J connectivity index is 2.40. The number of aromatic nitrogens is 2. The Morgan fingerprint density at radius 1 is 1.28 bits per heavy atom. The van der Waals surface area contributed by atoms with Crippen LogP contribution in [-0.4, -0.2) is 9.78 Å². The normalized spacial score (nSPS) is 10.8. The quantitative estimate of drug-likeness (QED) is 0.756. The molecular weight excluding hydrogens is 226 g/mol. The summed E-state index contributed by atoms with van der Waals surface area (Å²) in [5, 5.41) is 7.35. The Hall–Kier alpha value is -1.97. The number of hydrogen-bond donors (Lipinski definition) is 0. The van der Waals surface area contributed by atoms with Crippen molar-refractivity contribution in [3.63, 3.8) is 0 Å². The Kier molecular flexibility index (Phi) is 3.87. The lowest BCUT2D eigenvalue weighted by Crippen LogP contribution is -2.05. The standard InChI is InChI=1S/C14H17N3O/c1-11(2)8-14-9-12(10-15-18)16-17(14)13-6-4-3-5-7-13/h3-7,9,11H,8,10H2,1-2H3. The summed E-state index contributed by atoms with van der Waals surface area (Å²) in [6, 6.07) is 11.9. The first-order chi connectivity index (χ1) is 8.70. The molecule has 2 rings (SSSR count). The maximum Gasteiger partial charge on any atom is 0.125 e. The van der Waals surface area contributed by atoms with Crippen molar-refractivity contribution >= 4 is 0 Å². The second-order valence-corrected chi connectivity index (χ2v) is 4.76. The van der Waals surface area contributed by atoms with Gasteiger partial charge < -0.3 is 0 Å². The van der Waals surface area contributed by atoms with Gasteiger partial charge in [0.1, 0.15) is 6.54 Å². The minimum absolute atomic E-state index is 0.130. The van der Waals surface area contributed by atoms with Crippen LogP contribution < -0.4 is 0 Å². The van der Waals surface area contributed by atoms with Crippen LogP contribution in [0.15, 0.2) is 41.6 Å². The second-order valence-electron chi connectivity index (χ2n) is 4.76. The van der Waals surface area contributed by atoms with E-state index >= 15 is 0 Å². The van der Waals surface area contributed by atoms with Crippen molar-refractivity contribution in [2.75, 3.05) is 0 Å². The van der Waals surface area contributed by atoms with Crippen molar-refractivity contribution in [1.82, 2.24) is 9.78 Å². The Labute approximate surface area is 107 Å². The Morgan fingerprint density at radius 2 is 2.00 bits per heavy atom. The average Bonchev–Trinajstić information content (AvgIpc) is 2.73. The first kappa shape index (κ1) is 12.5. The highest BCUT2D eigenvalue weighted by Crippen LogP contribution is 2.16. The van der Waals surface area contributed by atoms with Crippen LogP contribution in [0.25, 0.3) is 5.69 Å². The number of benzene rings is 1. The summed E-state index contributed by atoms with van der Waals surface area (Å²) < 4.78 is 1.90. The summed E-state index contributed by atoms with van der Waals surface area (Å²) in [5.74, 6) is 0.543. The van der Waals surface area contributed by atoms with Gasteiger partial charge >= 0.3 is 0 Å². The summed E-state index contributed by atoms with van der Waals surface area (Å²) in [5.41, 5.74) is 2.87. The van der Waals surface area contributed by atoms with E-state index in [1.165, 1.54) is 0 Å². The monoisotopic (exact) mass is 243 g/mol. The van der Waals surface area contributed by atoms with Gasteiger partial charge in [-0.05, 0) is 30.5 Å². The van der Waals surface area contributed by atoms with Crippen molar-refractivity contribution in [3.8, 4) is 5.69 Å². The molecule has 0 spiro atoms. The molecule has 0 unspecified atom stereocenters. The van der Waals surface area contributed by atoms with Crippen molar-refractivity contribution < 1.29 is 0 Å². The van der Waals surface area contributed by atoms with Gasteiger partial charge in [-0.1, -0.05) is 37.2 Å². The van der Waals surface area contributed by atoms with E-state index in [4.69, 9.17) is 0 Å². The number of hydrogen-bond acceptors (Lipinski definition) is 3. The minimum Gasteiger partial charge on any atom is -0.237 e. The minimum atomic E-state index is 0.130. The van der Waals surface area contributed by atoms with E-state index in [2.05, 4.69) is 24.1 Å². The van der Waals surface area contributed by atoms with E-state index in [0.29, 0.717) is 5.92 Å². The smallest absolute Gasteiger partial charge is 0.125 e. The van der Waals surface area contributed by atoms with Crippen LogP contribution >= 0.6 is 0 Å². The summed E-state index contributed by atoms with van der Waals surface area (Å²) in [4.78, 5) is 10.4. The molecule has 4 heteroatoms. The van der Waals surface area contributed by atoms with Crippen LogP contribution in [-0.2, 0) is 13.0 Å². The Morgan fingerprint density at radius 3 is 2.61 bits per heavy atom. The van der Waals surface area contributed by atoms with E-state index in [1.54, 1.807) is 0 Å². The first-order valence-electron chi connectivity index (χ1n) is 6.13. The molecule has 4 nitrogen and oxygen atoms in total. The van der Waals surface area contributed by atoms with Crippen LogP contribution in [0.3, 0.4) is 0 Å². The van der Waals surface area contributed by atoms with Gasteiger partial charge in [0.25, 0.3) is 0 Å². The van der Waals surface area contributed by atoms with E-state index < -0.39 is 0 Å². The van der Waals surface area contributed by atoms with Crippen molar-refractivity contribution in [2.45, 2.75) is 26.8 Å². The molecule has 0 bridgehead atoms. The van der Waals surface area contributed by atoms with Crippen LogP contribution in [0.2, 0.25) is 0 Å². The molecule has 0 saturated carbocycles. The van der Waals surface area contributed by atoms with Crippen molar-refractivity contribution in [2.24, 2.45) is 11.1 Å². The lowest BCUT2D eigenvalue weighted by molar-refractivity contribution is 0.615. The van der Waals surface area contributed by atoms with E-state index in [1.807, 2.05) is 41.1 Å². The Bertz CT molecular complexity index is 517. The van der Waals surface area contributed by atoms with Gasteiger partial charge in [0.15, 0.2) is 0 Å². The molecule has 0 radical (unpaired) electrons. The summed E-state index contributed by atoms with van der Waals surface area (Å²) in [7, 11) is 0. The molecule has 1 heterocycles. The fourth-order valence-corrected chi connectivity index (χ4v) is 1.97. The zero-order chi connectivity index (χ0) is 13.0. The second kappa shape index (κ2) is 5.58. The average molecular weight is 243 g/mol. The molecular formula is C14H17N3O. The molecule has 0 fully saturated rings. The van der Waals surface area contributed by atoms with Gasteiger partial charge in [0, 0.05) is 5.69 Å². The maximum atomic E-state index is 10.4. The molecule has 18 heavy (non-hydrogen) atoms. The van der Waals surface area contributed by atoms with Crippen LogP contribution in [0.5, 0.6) is 0 Å². The molecule has 0 aliphatic carbocycles. The maximum absolute atomic E-state index is 10.4. The van der Waals surface area contributed by atoms with Crippen molar-refractivity contribution in [1.29, 1.82) is 0 Å². The zero-order valence-electron chi connectivity index (χ0n) is 10.7. The molecule has 0 N–H and O–H groups in total. The summed E-state index contributed by atoms with van der Waals surface area (Å²) in [6.45, 7) is 4.46. The highest BCUT2D eigenvalue weighted by atomic mass is 16.3. The number of nitrogens with zero attached hydrogens (tertiary/aromatic N) is 3. The van der Waals surface area contributed by atoms with E-state index in [9.17, 15) is 4.91 Å². The third-order valence-corrected chi connectivity index (χ3v) is 2.68. The third-order valence-electron chi connectivity index (χ3n) is 2.68. The number of para-hydroxylation sites is 1. The molecule has 1 aromatic heterocycles. The highest BCUT2D eigenvalue weighted by Gasteiger charge is 2.10. The molecule has 0 aliphatic heterocycles. The van der Waals surface area contributed by atoms with Crippen molar-refractivity contribution in [3.05, 3.63) is 52.7 Å². The third kappa shape index (κ3) is 2.83. The van der Waals surface area contributed by atoms with E-state index in [0.717, 1.165) is 23.5 Å². The lowest BCUT2D eigenvalue weighted by Gasteiger charge is -2.08. The summed E-state index contributed by atoms with van der Waals surface area (Å²) >= 11 is 0. The fraction of sp³-hybridized carbons (Fsp3) is 0.357. The zero-order valence-corrected chi connectivity index (χ0v) is 10.7. The highest BCUT2D eigenvalue weighted by molar-refractivity contribution is 5.33. The van der Waals surface area contributed by atoms with Gasteiger partial charge in [-0.3, -0.25) is 0 Å². The number of nitroso groups, excluding NO2 is 1. The fourth-order valence-electron chi connectivity index (χ4n) is 1.97. The van der Waals surface area contributed by atoms with Crippen LogP contribution in [0, 0.1) is 10.8 Å². The van der Waals surface area contributed by atoms with Gasteiger partial charge in [-0.2, -0.15) is 10.0 Å². The molecule has 0 atom stereocenters. The van der Waals surface area contributed by atoms with Crippen LogP contribution in [0.4, 0.5) is 0 Å². The molecule has 1 aromatic carbocycles. The predicted molar refractivity (Wildman–Crippen MR) is 71.6 cm³/mol. The summed E-state index contributed by atoms with van der Waals surface area (Å²) in [6.07, 6.45) is 0.931. The largest absolute Gasteiger partial charge is 0.237 e. The van der Waals surface area contributed by atoms with Gasteiger partial charge in [-0.25, -0.2) is 4.68 Å². The van der Waals surface area contributed by atoms with E-state index in [-0.39, 0.29) is 6.54 Å². The molecule has 0 aliphatic rings.